The molecule has 0 N–H and O–H groups in total. The molecule has 0 spiro atoms. The maximum atomic E-state index is 12.8. The molecular weight excluding hydrogens is 398 g/mol. The monoisotopic (exact) mass is 425 g/mol. The van der Waals surface area contributed by atoms with Gasteiger partial charge in [-0.25, -0.2) is 4.79 Å². The minimum Gasteiger partial charge on any atom is -0.493 e. The van der Waals surface area contributed by atoms with E-state index < -0.39 is 5.63 Å². The molecule has 0 saturated carbocycles. The van der Waals surface area contributed by atoms with Crippen molar-refractivity contribution in [2.45, 2.75) is 27.3 Å². The molecule has 7 heteroatoms. The molecule has 0 aliphatic heterocycles. The number of hydrogen-bond acceptors (Lipinski definition) is 6. The van der Waals surface area contributed by atoms with Gasteiger partial charge >= 0.3 is 5.63 Å². The molecule has 0 radical (unpaired) electrons. The van der Waals surface area contributed by atoms with Gasteiger partial charge in [0.1, 0.15) is 11.3 Å². The van der Waals surface area contributed by atoms with Crippen LogP contribution >= 0.6 is 0 Å². The molecule has 0 saturated heterocycles. The number of nitrogens with zero attached hydrogens (tertiary/aromatic N) is 1. The average Bonchev–Trinajstić information content (AvgIpc) is 2.76. The minimum absolute atomic E-state index is 0.122. The molecule has 0 aliphatic carbocycles. The van der Waals surface area contributed by atoms with E-state index in [-0.39, 0.29) is 12.5 Å². The van der Waals surface area contributed by atoms with Crippen LogP contribution in [0.3, 0.4) is 0 Å². The number of carbonyl (C=O) groups is 1. The average molecular weight is 425 g/mol. The molecule has 0 bridgehead atoms. The van der Waals surface area contributed by atoms with Crippen LogP contribution in [0, 0.1) is 13.8 Å². The maximum absolute atomic E-state index is 12.8. The quantitative estimate of drug-likeness (QED) is 0.510. The number of aryl methyl sites for hydroxylation is 2. The zero-order valence-electron chi connectivity index (χ0n) is 18.5. The fourth-order valence-electron chi connectivity index (χ4n) is 3.46. The van der Waals surface area contributed by atoms with Crippen LogP contribution in [0.4, 0.5) is 0 Å². The highest BCUT2D eigenvalue weighted by molar-refractivity contribution is 5.85. The Hall–Kier alpha value is -3.48. The maximum Gasteiger partial charge on any atom is 0.336 e. The third kappa shape index (κ3) is 4.82. The number of carbonyl (C=O) groups excluding carboxylic acids is 1. The van der Waals surface area contributed by atoms with Gasteiger partial charge in [0, 0.05) is 30.1 Å². The Morgan fingerprint density at radius 2 is 1.71 bits per heavy atom. The Bertz CT molecular complexity index is 1150. The topological polar surface area (TPSA) is 78.2 Å². The first-order chi connectivity index (χ1) is 14.9. The molecule has 1 aromatic heterocycles. The van der Waals surface area contributed by atoms with Crippen molar-refractivity contribution in [1.29, 1.82) is 0 Å². The van der Waals surface area contributed by atoms with Gasteiger partial charge in [0.25, 0.3) is 5.91 Å². The van der Waals surface area contributed by atoms with Crippen LogP contribution in [0.25, 0.3) is 11.0 Å². The molecular formula is C24H27NO6. The summed E-state index contributed by atoms with van der Waals surface area (Å²) in [6, 6.07) is 10.7. The summed E-state index contributed by atoms with van der Waals surface area (Å²) < 4.78 is 21.7. The lowest BCUT2D eigenvalue weighted by atomic mass is 10.1. The SMILES string of the molecule is CCN(Cc1ccc(OC)c(OC)c1)C(=O)COc1ccc2c(C)cc(=O)oc2c1C. The van der Waals surface area contributed by atoms with Crippen molar-refractivity contribution in [2.75, 3.05) is 27.4 Å². The summed E-state index contributed by atoms with van der Waals surface area (Å²) in [5.74, 6) is 1.61. The molecule has 1 amide bonds. The van der Waals surface area contributed by atoms with E-state index in [2.05, 4.69) is 0 Å². The molecule has 0 atom stereocenters. The van der Waals surface area contributed by atoms with E-state index in [4.69, 9.17) is 18.6 Å². The lowest BCUT2D eigenvalue weighted by Gasteiger charge is -2.22. The third-order valence-electron chi connectivity index (χ3n) is 5.23. The molecule has 164 valence electrons. The highest BCUT2D eigenvalue weighted by Crippen LogP contribution is 2.29. The molecule has 0 aliphatic rings. The van der Waals surface area contributed by atoms with Crippen LogP contribution in [0.5, 0.6) is 17.2 Å². The van der Waals surface area contributed by atoms with Crippen LogP contribution in [-0.2, 0) is 11.3 Å². The molecule has 3 rings (SSSR count). The van der Waals surface area contributed by atoms with E-state index >= 15 is 0 Å². The molecule has 0 fully saturated rings. The predicted molar refractivity (Wildman–Crippen MR) is 118 cm³/mol. The summed E-state index contributed by atoms with van der Waals surface area (Å²) in [5, 5.41) is 0.847. The van der Waals surface area contributed by atoms with Gasteiger partial charge in [0.15, 0.2) is 18.1 Å². The summed E-state index contributed by atoms with van der Waals surface area (Å²) in [7, 11) is 3.16. The number of hydrogen-bond donors (Lipinski definition) is 0. The molecule has 3 aromatic rings. The number of amides is 1. The van der Waals surface area contributed by atoms with E-state index in [9.17, 15) is 9.59 Å². The van der Waals surface area contributed by atoms with E-state index in [1.807, 2.05) is 45.0 Å². The van der Waals surface area contributed by atoms with Gasteiger partial charge in [0.2, 0.25) is 0 Å². The van der Waals surface area contributed by atoms with Crippen molar-refractivity contribution < 1.29 is 23.4 Å². The van der Waals surface area contributed by atoms with Crippen LogP contribution in [-0.4, -0.2) is 38.2 Å². The van der Waals surface area contributed by atoms with Crippen molar-refractivity contribution in [3.05, 3.63) is 63.5 Å². The number of rotatable bonds is 8. The third-order valence-corrected chi connectivity index (χ3v) is 5.23. The van der Waals surface area contributed by atoms with Crippen LogP contribution < -0.4 is 19.8 Å². The van der Waals surface area contributed by atoms with Crippen molar-refractivity contribution in [3.8, 4) is 17.2 Å². The van der Waals surface area contributed by atoms with E-state index in [0.29, 0.717) is 41.5 Å². The molecule has 2 aromatic carbocycles. The largest absolute Gasteiger partial charge is 0.493 e. The first-order valence-electron chi connectivity index (χ1n) is 10.0. The summed E-state index contributed by atoms with van der Waals surface area (Å²) in [6.45, 7) is 6.41. The van der Waals surface area contributed by atoms with E-state index in [1.54, 1.807) is 25.2 Å². The van der Waals surface area contributed by atoms with Gasteiger partial charge in [-0.15, -0.1) is 0 Å². The Balaban J connectivity index is 1.73. The Labute approximate surface area is 181 Å². The second kappa shape index (κ2) is 9.55. The van der Waals surface area contributed by atoms with Crippen LogP contribution in [0.15, 0.2) is 45.6 Å². The van der Waals surface area contributed by atoms with Crippen molar-refractivity contribution in [3.63, 3.8) is 0 Å². The Morgan fingerprint density at radius 3 is 2.39 bits per heavy atom. The van der Waals surface area contributed by atoms with Gasteiger partial charge in [0.05, 0.1) is 14.2 Å². The summed E-state index contributed by atoms with van der Waals surface area (Å²) in [5.41, 5.74) is 2.52. The number of fused-ring (bicyclic) bond motifs is 1. The second-order valence-corrected chi connectivity index (χ2v) is 7.20. The fraction of sp³-hybridized carbons (Fsp3) is 0.333. The zero-order valence-corrected chi connectivity index (χ0v) is 18.5. The lowest BCUT2D eigenvalue weighted by molar-refractivity contribution is -0.133. The summed E-state index contributed by atoms with van der Waals surface area (Å²) >= 11 is 0. The van der Waals surface area contributed by atoms with Gasteiger partial charge in [-0.05, 0) is 56.2 Å². The standard InChI is InChI=1S/C24H27NO6/c1-6-25(13-17-7-9-20(28-4)21(12-17)29-5)22(26)14-30-19-10-8-18-15(2)11-23(27)31-24(18)16(19)3/h7-12H,6,13-14H2,1-5H3. The van der Waals surface area contributed by atoms with Crippen LogP contribution in [0.2, 0.25) is 0 Å². The highest BCUT2D eigenvalue weighted by Gasteiger charge is 2.16. The lowest BCUT2D eigenvalue weighted by Crippen LogP contribution is -2.34. The van der Waals surface area contributed by atoms with Gasteiger partial charge in [-0.2, -0.15) is 0 Å². The minimum atomic E-state index is -0.409. The van der Waals surface area contributed by atoms with Crippen LogP contribution in [0.1, 0.15) is 23.6 Å². The second-order valence-electron chi connectivity index (χ2n) is 7.20. The molecule has 1 heterocycles. The van der Waals surface area contributed by atoms with Gasteiger partial charge < -0.3 is 23.5 Å². The first-order valence-corrected chi connectivity index (χ1v) is 10.0. The summed E-state index contributed by atoms with van der Waals surface area (Å²) in [6.07, 6.45) is 0. The van der Waals surface area contributed by atoms with E-state index in [0.717, 1.165) is 16.5 Å². The summed E-state index contributed by atoms with van der Waals surface area (Å²) in [4.78, 5) is 26.2. The predicted octanol–water partition coefficient (Wildman–Crippen LogP) is 3.85. The number of methoxy groups -OCH3 is 2. The smallest absolute Gasteiger partial charge is 0.336 e. The highest BCUT2D eigenvalue weighted by atomic mass is 16.5. The van der Waals surface area contributed by atoms with Crippen molar-refractivity contribution in [1.82, 2.24) is 4.90 Å². The fourth-order valence-corrected chi connectivity index (χ4v) is 3.46. The Kier molecular flexibility index (Phi) is 6.84. The number of benzene rings is 2. The van der Waals surface area contributed by atoms with Gasteiger partial charge in [-0.3, -0.25) is 4.79 Å². The molecule has 0 unspecified atom stereocenters. The molecule has 31 heavy (non-hydrogen) atoms. The first kappa shape index (κ1) is 22.2. The number of ether oxygens (including phenoxy) is 3. The number of likely N-dealkylation sites (N-methyl/N-ethyl adjacent to an activating group) is 1. The van der Waals surface area contributed by atoms with Gasteiger partial charge in [-0.1, -0.05) is 6.07 Å². The van der Waals surface area contributed by atoms with Crippen molar-refractivity contribution in [2.24, 2.45) is 0 Å². The molecule has 7 nitrogen and oxygen atoms in total. The zero-order chi connectivity index (χ0) is 22.5. The normalized spacial score (nSPS) is 10.7. The van der Waals surface area contributed by atoms with E-state index in [1.165, 1.54) is 6.07 Å². The Morgan fingerprint density at radius 1 is 1.00 bits per heavy atom. The van der Waals surface area contributed by atoms with Crippen molar-refractivity contribution >= 4 is 16.9 Å².